The summed E-state index contributed by atoms with van der Waals surface area (Å²) < 4.78 is 25.5. The first-order valence-corrected chi connectivity index (χ1v) is 12.5. The predicted molar refractivity (Wildman–Crippen MR) is 115 cm³/mol. The molecule has 3 heterocycles. The van der Waals surface area contributed by atoms with Crippen molar-refractivity contribution in [3.63, 3.8) is 0 Å². The number of likely N-dealkylation sites (tertiary alicyclic amines) is 2. The quantitative estimate of drug-likeness (QED) is 0.619. The summed E-state index contributed by atoms with van der Waals surface area (Å²) in [6.45, 7) is 6.69. The molecule has 0 aromatic carbocycles. The van der Waals surface area contributed by atoms with Crippen LogP contribution in [0.25, 0.3) is 0 Å². The average molecular weight is 450 g/mol. The number of hydrogen-bond acceptors (Lipinski definition) is 5. The molecule has 3 saturated heterocycles. The minimum absolute atomic E-state index is 0. The lowest BCUT2D eigenvalue weighted by Crippen LogP contribution is -2.44. The summed E-state index contributed by atoms with van der Waals surface area (Å²) in [4.78, 5) is 29.9. The number of carbonyl (C=O) groups excluding carboxylic acids is 2. The second kappa shape index (κ2) is 9.52. The number of carbonyl (C=O) groups is 2. The van der Waals surface area contributed by atoms with Crippen LogP contribution in [0, 0.1) is 17.8 Å². The zero-order valence-corrected chi connectivity index (χ0v) is 19.7. The molecule has 3 aliphatic heterocycles. The van der Waals surface area contributed by atoms with E-state index in [0.29, 0.717) is 25.3 Å². The van der Waals surface area contributed by atoms with Crippen LogP contribution in [0.15, 0.2) is 0 Å². The van der Waals surface area contributed by atoms with E-state index in [-0.39, 0.29) is 36.2 Å². The van der Waals surface area contributed by atoms with Gasteiger partial charge in [0.15, 0.2) is 0 Å². The fraction of sp³-hybridized carbons (Fsp3) is 0.900. The summed E-state index contributed by atoms with van der Waals surface area (Å²) in [6, 6.07) is -0.703. The molecule has 3 aliphatic rings. The molecule has 168 valence electrons. The normalized spacial score (nSPS) is 28.7. The first-order chi connectivity index (χ1) is 13.1. The number of rotatable bonds is 6. The van der Waals surface area contributed by atoms with Gasteiger partial charge in [-0.2, -0.15) is 0 Å². The molecule has 2 amide bonds. The van der Waals surface area contributed by atoms with E-state index in [1.54, 1.807) is 0 Å². The van der Waals surface area contributed by atoms with Crippen molar-refractivity contribution < 1.29 is 18.0 Å². The van der Waals surface area contributed by atoms with Crippen LogP contribution in [0.2, 0.25) is 0 Å². The number of hydrogen-bond donors (Lipinski definition) is 0. The van der Waals surface area contributed by atoms with Crippen LogP contribution in [0.3, 0.4) is 0 Å². The molecular formula is C20H36ClN3O4S. The van der Waals surface area contributed by atoms with Crippen LogP contribution in [0.5, 0.6) is 0 Å². The van der Waals surface area contributed by atoms with Crippen LogP contribution >= 0.6 is 12.4 Å². The molecule has 0 N–H and O–H groups in total. The number of piperidine rings is 1. The van der Waals surface area contributed by atoms with Crippen molar-refractivity contribution in [2.45, 2.75) is 64.5 Å². The van der Waals surface area contributed by atoms with E-state index in [4.69, 9.17) is 0 Å². The summed E-state index contributed by atoms with van der Waals surface area (Å²) in [6.07, 6.45) is 6.48. The maximum absolute atomic E-state index is 13.0. The second-order valence-electron chi connectivity index (χ2n) is 9.24. The Kier molecular flexibility index (Phi) is 8.01. The summed E-state index contributed by atoms with van der Waals surface area (Å²) in [5.74, 6) is 0.0116. The highest BCUT2D eigenvalue weighted by Crippen LogP contribution is 2.41. The highest BCUT2D eigenvalue weighted by molar-refractivity contribution is 7.88. The molecule has 0 aliphatic carbocycles. The molecule has 0 spiro atoms. The lowest BCUT2D eigenvalue weighted by molar-refractivity contribution is -0.134. The smallest absolute Gasteiger partial charge is 0.241 e. The first kappa shape index (κ1) is 24.4. The van der Waals surface area contributed by atoms with Crippen LogP contribution in [0.4, 0.5) is 0 Å². The van der Waals surface area contributed by atoms with E-state index in [9.17, 15) is 18.0 Å². The van der Waals surface area contributed by atoms with Crippen LogP contribution < -0.4 is 0 Å². The van der Waals surface area contributed by atoms with E-state index in [1.807, 2.05) is 18.7 Å². The van der Waals surface area contributed by atoms with E-state index in [2.05, 4.69) is 11.9 Å². The van der Waals surface area contributed by atoms with Gasteiger partial charge >= 0.3 is 0 Å². The molecular weight excluding hydrogens is 414 g/mol. The van der Waals surface area contributed by atoms with Crippen molar-refractivity contribution in [3.8, 4) is 0 Å². The Labute approximate surface area is 181 Å². The lowest BCUT2D eigenvalue weighted by atomic mass is 9.88. The maximum Gasteiger partial charge on any atom is 0.241 e. The molecule has 0 saturated carbocycles. The highest BCUT2D eigenvalue weighted by Gasteiger charge is 2.58. The zero-order valence-electron chi connectivity index (χ0n) is 18.0. The van der Waals surface area contributed by atoms with Gasteiger partial charge in [0.2, 0.25) is 21.8 Å². The van der Waals surface area contributed by atoms with Gasteiger partial charge in [-0.25, -0.2) is 12.7 Å². The summed E-state index contributed by atoms with van der Waals surface area (Å²) in [5, 5.41) is 0. The molecule has 0 aromatic heterocycles. The largest absolute Gasteiger partial charge is 0.337 e. The first-order valence-electron chi connectivity index (χ1n) is 10.6. The summed E-state index contributed by atoms with van der Waals surface area (Å²) >= 11 is 0. The van der Waals surface area contributed by atoms with Gasteiger partial charge in [0.25, 0.3) is 0 Å². The lowest BCUT2D eigenvalue weighted by Gasteiger charge is -2.30. The van der Waals surface area contributed by atoms with Crippen molar-refractivity contribution in [2.24, 2.45) is 17.8 Å². The summed E-state index contributed by atoms with van der Waals surface area (Å²) in [5.41, 5.74) is 0. The van der Waals surface area contributed by atoms with Crippen LogP contribution in [-0.4, -0.2) is 79.4 Å². The van der Waals surface area contributed by atoms with Crippen molar-refractivity contribution in [3.05, 3.63) is 0 Å². The van der Waals surface area contributed by atoms with Gasteiger partial charge in [0.05, 0.1) is 24.3 Å². The number of sulfonamides is 1. The summed E-state index contributed by atoms with van der Waals surface area (Å²) in [7, 11) is -1.47. The number of nitrogens with zero attached hydrogens (tertiary/aromatic N) is 3. The van der Waals surface area contributed by atoms with Gasteiger partial charge in [-0.3, -0.25) is 9.59 Å². The molecule has 29 heavy (non-hydrogen) atoms. The fourth-order valence-electron chi connectivity index (χ4n) is 5.36. The molecule has 0 aromatic rings. The van der Waals surface area contributed by atoms with Crippen LogP contribution in [0.1, 0.15) is 52.4 Å². The van der Waals surface area contributed by atoms with Gasteiger partial charge < -0.3 is 9.80 Å². The van der Waals surface area contributed by atoms with Crippen molar-refractivity contribution in [2.75, 3.05) is 32.9 Å². The molecule has 9 heteroatoms. The van der Waals surface area contributed by atoms with Gasteiger partial charge in [0, 0.05) is 13.0 Å². The standard InChI is InChI=1S/C20H35N3O4S.ClH/c1-14(2)18-19-16(23(20(18)25)28(4,26)27)10-13-22(19)17(24)7-5-6-15-8-11-21(3)12-9-15;/h14-16,18-19H,5-13H2,1-4H3;1H/t16-,18+,19-;/m0./s1. The Hall–Kier alpha value is -0.860. The molecule has 0 unspecified atom stereocenters. The Balaban J connectivity index is 0.00000300. The minimum Gasteiger partial charge on any atom is -0.337 e. The number of amides is 2. The third-order valence-electron chi connectivity index (χ3n) is 6.83. The third kappa shape index (κ3) is 5.07. The molecule has 3 rings (SSSR count). The molecule has 7 nitrogen and oxygen atoms in total. The minimum atomic E-state index is -3.62. The predicted octanol–water partition coefficient (Wildman–Crippen LogP) is 1.96. The second-order valence-corrected chi connectivity index (χ2v) is 11.1. The van der Waals surface area contributed by atoms with E-state index >= 15 is 0 Å². The molecule has 3 fully saturated rings. The Morgan fingerprint density at radius 2 is 1.76 bits per heavy atom. The topological polar surface area (TPSA) is 78.0 Å². The Bertz CT molecular complexity index is 707. The average Bonchev–Trinajstić information content (AvgIpc) is 3.11. The van der Waals surface area contributed by atoms with Gasteiger partial charge in [-0.15, -0.1) is 12.4 Å². The van der Waals surface area contributed by atoms with Crippen molar-refractivity contribution in [1.82, 2.24) is 14.1 Å². The SMILES string of the molecule is CC(C)[C@H]1C(=O)N(S(C)(=O)=O)[C@H]2CCN(C(=O)CCCC3CCN(C)CC3)[C@H]12.Cl. The molecule has 0 radical (unpaired) electrons. The van der Waals surface area contributed by atoms with Gasteiger partial charge in [-0.05, 0) is 64.1 Å². The van der Waals surface area contributed by atoms with E-state index in [0.717, 1.165) is 36.5 Å². The van der Waals surface area contributed by atoms with E-state index in [1.165, 1.54) is 12.8 Å². The Morgan fingerprint density at radius 3 is 2.31 bits per heavy atom. The van der Waals surface area contributed by atoms with Crippen molar-refractivity contribution >= 4 is 34.2 Å². The maximum atomic E-state index is 13.0. The monoisotopic (exact) mass is 449 g/mol. The third-order valence-corrected chi connectivity index (χ3v) is 7.99. The Morgan fingerprint density at radius 1 is 1.14 bits per heavy atom. The number of fused-ring (bicyclic) bond motifs is 1. The molecule has 3 atom stereocenters. The zero-order chi connectivity index (χ0) is 20.6. The van der Waals surface area contributed by atoms with Gasteiger partial charge in [-0.1, -0.05) is 13.8 Å². The van der Waals surface area contributed by atoms with Crippen LogP contribution in [-0.2, 0) is 19.6 Å². The van der Waals surface area contributed by atoms with E-state index < -0.39 is 22.0 Å². The van der Waals surface area contributed by atoms with Gasteiger partial charge in [0.1, 0.15) is 0 Å². The van der Waals surface area contributed by atoms with Crippen molar-refractivity contribution in [1.29, 1.82) is 0 Å². The molecule has 0 bridgehead atoms. The fourth-order valence-corrected chi connectivity index (χ4v) is 6.53. The highest BCUT2D eigenvalue weighted by atomic mass is 35.5. The number of halogens is 1.